The molecule has 154 valence electrons. The summed E-state index contributed by atoms with van der Waals surface area (Å²) in [5, 5.41) is 6.27. The summed E-state index contributed by atoms with van der Waals surface area (Å²) in [6.07, 6.45) is 0.543. The van der Waals surface area contributed by atoms with Gasteiger partial charge >= 0.3 is 0 Å². The molecule has 3 N–H and O–H groups in total. The number of aromatic nitrogens is 1. The van der Waals surface area contributed by atoms with Crippen LogP contribution in [0.25, 0.3) is 0 Å². The van der Waals surface area contributed by atoms with Crippen LogP contribution in [0, 0.1) is 12.7 Å². The molecule has 2 aromatic carbocycles. The molecule has 8 heteroatoms. The molecule has 1 atom stereocenters. The van der Waals surface area contributed by atoms with Gasteiger partial charge in [-0.3, -0.25) is 4.79 Å². The molecule has 0 aliphatic heterocycles. The molecule has 0 spiro atoms. The Kier molecular flexibility index (Phi) is 6.59. The molecule has 0 saturated carbocycles. The van der Waals surface area contributed by atoms with E-state index >= 15 is 0 Å². The summed E-state index contributed by atoms with van der Waals surface area (Å²) in [6, 6.07) is 16.9. The van der Waals surface area contributed by atoms with Gasteiger partial charge < -0.3 is 20.6 Å². The average molecular weight is 408 g/mol. The molecule has 0 aliphatic rings. The number of hydrogen-bond acceptors (Lipinski definition) is 5. The average Bonchev–Trinajstić information content (AvgIpc) is 2.74. The fraction of sp³-hybridized carbons (Fsp3) is 0.136. The molecule has 1 heterocycles. The van der Waals surface area contributed by atoms with Crippen LogP contribution < -0.4 is 15.8 Å². The van der Waals surface area contributed by atoms with E-state index < -0.39 is 17.8 Å². The smallest absolute Gasteiger partial charge is 0.268 e. The summed E-state index contributed by atoms with van der Waals surface area (Å²) in [7, 11) is 0. The Morgan fingerprint density at radius 2 is 1.93 bits per heavy atom. The monoisotopic (exact) mass is 408 g/mol. The number of halogens is 1. The summed E-state index contributed by atoms with van der Waals surface area (Å²) >= 11 is 0. The van der Waals surface area contributed by atoms with Gasteiger partial charge in [-0.2, -0.15) is 0 Å². The second-order valence-corrected chi connectivity index (χ2v) is 6.47. The maximum absolute atomic E-state index is 13.9. The van der Waals surface area contributed by atoms with Crippen LogP contribution in [-0.2, 0) is 9.63 Å². The molecule has 3 rings (SSSR count). The van der Waals surface area contributed by atoms with Gasteiger partial charge in [0.2, 0.25) is 12.0 Å². The molecule has 0 bridgehead atoms. The number of nitrogens with zero attached hydrogens (tertiary/aromatic N) is 2. The Morgan fingerprint density at radius 1 is 1.17 bits per heavy atom. The van der Waals surface area contributed by atoms with Gasteiger partial charge in [-0.05, 0) is 55.8 Å². The molecule has 1 unspecified atom stereocenters. The lowest BCUT2D eigenvalue weighted by Crippen LogP contribution is -2.28. The van der Waals surface area contributed by atoms with E-state index in [0.29, 0.717) is 11.3 Å². The molecule has 3 aromatic rings. The van der Waals surface area contributed by atoms with E-state index in [1.165, 1.54) is 19.1 Å². The fourth-order valence-corrected chi connectivity index (χ4v) is 2.46. The Hall–Kier alpha value is -3.94. The number of carbonyl (C=O) groups excluding carboxylic acids is 1. The minimum absolute atomic E-state index is 0.0183. The number of benzene rings is 2. The normalized spacial score (nSPS) is 12.2. The number of nitrogens with two attached hydrogens (primary N) is 1. The molecule has 7 nitrogen and oxygen atoms in total. The van der Waals surface area contributed by atoms with Crippen molar-refractivity contribution < 1.29 is 18.8 Å². The van der Waals surface area contributed by atoms with Crippen molar-refractivity contribution in [1.82, 2.24) is 4.98 Å². The van der Waals surface area contributed by atoms with Crippen molar-refractivity contribution in [2.45, 2.75) is 20.0 Å². The van der Waals surface area contributed by atoms with Crippen LogP contribution >= 0.6 is 0 Å². The van der Waals surface area contributed by atoms with Crippen LogP contribution in [-0.4, -0.2) is 22.8 Å². The van der Waals surface area contributed by atoms with Crippen molar-refractivity contribution in [3.63, 3.8) is 0 Å². The van der Waals surface area contributed by atoms with Gasteiger partial charge in [0.05, 0.1) is 11.3 Å². The number of nitrogens with one attached hydrogen (secondary N) is 1. The first-order chi connectivity index (χ1) is 14.4. The zero-order chi connectivity index (χ0) is 21.5. The standard InChI is InChI=1S/C22H21FN4O3/c1-14-10-11-19(18(23)13-14)26-21(28)15(2)30-27-20(24)17-9-6-12-25-22(17)29-16-7-4-3-5-8-16/h3-13,15H,1-2H3,(H2,24,27)(H,26,28). The Morgan fingerprint density at radius 3 is 2.67 bits per heavy atom. The lowest BCUT2D eigenvalue weighted by atomic mass is 10.2. The summed E-state index contributed by atoms with van der Waals surface area (Å²) < 4.78 is 19.6. The number of ether oxygens (including phenoxy) is 1. The van der Waals surface area contributed by atoms with Crippen molar-refractivity contribution in [2.75, 3.05) is 5.32 Å². The molecule has 0 saturated heterocycles. The van der Waals surface area contributed by atoms with Crippen molar-refractivity contribution >= 4 is 17.4 Å². The molecule has 1 aromatic heterocycles. The van der Waals surface area contributed by atoms with Crippen LogP contribution in [0.4, 0.5) is 10.1 Å². The molecule has 30 heavy (non-hydrogen) atoms. The van der Waals surface area contributed by atoms with Gasteiger partial charge in [-0.15, -0.1) is 0 Å². The lowest BCUT2D eigenvalue weighted by molar-refractivity contribution is -0.126. The number of amidine groups is 1. The minimum atomic E-state index is -1.01. The zero-order valence-electron chi connectivity index (χ0n) is 16.5. The number of hydrogen-bond donors (Lipinski definition) is 2. The van der Waals surface area contributed by atoms with Gasteiger partial charge in [-0.1, -0.05) is 29.4 Å². The van der Waals surface area contributed by atoms with Crippen LogP contribution in [0.1, 0.15) is 18.1 Å². The van der Waals surface area contributed by atoms with Gasteiger partial charge in [0.25, 0.3) is 5.91 Å². The predicted molar refractivity (Wildman–Crippen MR) is 112 cm³/mol. The van der Waals surface area contributed by atoms with Gasteiger partial charge in [0, 0.05) is 6.20 Å². The maximum atomic E-state index is 13.9. The molecule has 0 radical (unpaired) electrons. The van der Waals surface area contributed by atoms with Crippen molar-refractivity contribution in [2.24, 2.45) is 10.9 Å². The maximum Gasteiger partial charge on any atom is 0.268 e. The summed E-state index contributed by atoms with van der Waals surface area (Å²) in [6.45, 7) is 3.23. The second kappa shape index (κ2) is 9.51. The third-order valence-corrected chi connectivity index (χ3v) is 4.07. The van der Waals surface area contributed by atoms with Crippen LogP contribution in [0.15, 0.2) is 72.0 Å². The Balaban J connectivity index is 1.68. The first-order valence-electron chi connectivity index (χ1n) is 9.18. The summed E-state index contributed by atoms with van der Waals surface area (Å²) in [4.78, 5) is 21.6. The highest BCUT2D eigenvalue weighted by Crippen LogP contribution is 2.22. The van der Waals surface area contributed by atoms with Crippen LogP contribution in [0.2, 0.25) is 0 Å². The minimum Gasteiger partial charge on any atom is -0.438 e. The quantitative estimate of drug-likeness (QED) is 0.350. The van der Waals surface area contributed by atoms with Crippen LogP contribution in [0.5, 0.6) is 11.6 Å². The van der Waals surface area contributed by atoms with E-state index in [1.54, 1.807) is 43.5 Å². The van der Waals surface area contributed by atoms with Gasteiger partial charge in [0.1, 0.15) is 11.6 Å². The fourth-order valence-electron chi connectivity index (χ4n) is 2.46. The number of aryl methyl sites for hydroxylation is 1. The number of oxime groups is 1. The van der Waals surface area contributed by atoms with E-state index in [2.05, 4.69) is 15.5 Å². The summed E-state index contributed by atoms with van der Waals surface area (Å²) in [5.41, 5.74) is 7.21. The third-order valence-electron chi connectivity index (χ3n) is 4.07. The number of amides is 1. The molecule has 0 aliphatic carbocycles. The number of rotatable bonds is 7. The third kappa shape index (κ3) is 5.32. The summed E-state index contributed by atoms with van der Waals surface area (Å²) in [5.74, 6) is -0.292. The van der Waals surface area contributed by atoms with Crippen molar-refractivity contribution in [1.29, 1.82) is 0 Å². The number of para-hydroxylation sites is 1. The van der Waals surface area contributed by atoms with Crippen molar-refractivity contribution in [3.8, 4) is 11.6 Å². The SMILES string of the molecule is Cc1ccc(NC(=O)C(C)O/N=C(/N)c2cccnc2Oc2ccccc2)c(F)c1. The van der Waals surface area contributed by atoms with Crippen LogP contribution in [0.3, 0.4) is 0 Å². The largest absolute Gasteiger partial charge is 0.438 e. The van der Waals surface area contributed by atoms with Crippen molar-refractivity contribution in [3.05, 3.63) is 83.8 Å². The highest BCUT2D eigenvalue weighted by atomic mass is 19.1. The Labute approximate surface area is 173 Å². The molecular formula is C22H21FN4O3. The highest BCUT2D eigenvalue weighted by molar-refractivity contribution is 5.99. The first-order valence-corrected chi connectivity index (χ1v) is 9.18. The topological polar surface area (TPSA) is 98.8 Å². The lowest BCUT2D eigenvalue weighted by Gasteiger charge is -2.13. The van der Waals surface area contributed by atoms with Gasteiger partial charge in [0.15, 0.2) is 5.84 Å². The predicted octanol–water partition coefficient (Wildman–Crippen LogP) is 3.99. The zero-order valence-corrected chi connectivity index (χ0v) is 16.5. The number of pyridine rings is 1. The van der Waals surface area contributed by atoms with E-state index in [-0.39, 0.29) is 17.4 Å². The number of carbonyl (C=O) groups is 1. The second-order valence-electron chi connectivity index (χ2n) is 6.47. The van der Waals surface area contributed by atoms with Gasteiger partial charge in [-0.25, -0.2) is 9.37 Å². The number of anilines is 1. The molecule has 1 amide bonds. The first kappa shape index (κ1) is 20.8. The molecular weight excluding hydrogens is 387 g/mol. The molecule has 0 fully saturated rings. The highest BCUT2D eigenvalue weighted by Gasteiger charge is 2.17. The van der Waals surface area contributed by atoms with E-state index in [0.717, 1.165) is 5.56 Å². The van der Waals surface area contributed by atoms with E-state index in [4.69, 9.17) is 15.3 Å². The van der Waals surface area contributed by atoms with E-state index in [9.17, 15) is 9.18 Å². The van der Waals surface area contributed by atoms with E-state index in [1.807, 2.05) is 18.2 Å². The Bertz CT molecular complexity index is 1060.